The second kappa shape index (κ2) is 12.0. The van der Waals surface area contributed by atoms with Crippen molar-refractivity contribution in [3.8, 4) is 16.9 Å². The molecule has 1 heterocycles. The number of ether oxygens (including phenoxy) is 2. The van der Waals surface area contributed by atoms with Gasteiger partial charge in [-0.2, -0.15) is 0 Å². The maximum atomic E-state index is 13.1. The maximum absolute atomic E-state index is 13.1. The Morgan fingerprint density at radius 1 is 0.769 bits per heavy atom. The lowest BCUT2D eigenvalue weighted by Gasteiger charge is -2.17. The van der Waals surface area contributed by atoms with E-state index in [4.69, 9.17) is 9.47 Å². The molecule has 0 aliphatic heterocycles. The van der Waals surface area contributed by atoms with Crippen molar-refractivity contribution in [3.05, 3.63) is 132 Å². The van der Waals surface area contributed by atoms with Crippen molar-refractivity contribution in [2.75, 3.05) is 7.11 Å². The van der Waals surface area contributed by atoms with Gasteiger partial charge >= 0.3 is 5.97 Å². The summed E-state index contributed by atoms with van der Waals surface area (Å²) < 4.78 is 10.9. The molecule has 0 radical (unpaired) electrons. The molecule has 4 aromatic carbocycles. The van der Waals surface area contributed by atoms with Gasteiger partial charge in [-0.25, -0.2) is 4.79 Å². The monoisotopic (exact) mass is 516 g/mol. The largest absolute Gasteiger partial charge is 0.489 e. The number of methoxy groups -OCH3 is 1. The lowest BCUT2D eigenvalue weighted by molar-refractivity contribution is -0.142. The van der Waals surface area contributed by atoms with Gasteiger partial charge in [0.25, 0.3) is 5.91 Å². The Morgan fingerprint density at radius 2 is 1.46 bits per heavy atom. The summed E-state index contributed by atoms with van der Waals surface area (Å²) in [5.41, 5.74) is 4.38. The number of carbonyl (C=O) groups is 2. The van der Waals surface area contributed by atoms with Crippen LogP contribution in [0.3, 0.4) is 0 Å². The zero-order valence-corrected chi connectivity index (χ0v) is 21.5. The lowest BCUT2D eigenvalue weighted by atomic mass is 10.0. The summed E-state index contributed by atoms with van der Waals surface area (Å²) in [7, 11) is 1.31. The van der Waals surface area contributed by atoms with Crippen LogP contribution < -0.4 is 10.1 Å². The summed E-state index contributed by atoms with van der Waals surface area (Å²) in [6, 6.07) is 34.4. The lowest BCUT2D eigenvalue weighted by Crippen LogP contribution is -2.43. The van der Waals surface area contributed by atoms with Crippen molar-refractivity contribution >= 4 is 22.6 Å². The molecule has 5 rings (SSSR count). The number of hydrogen-bond acceptors (Lipinski definition) is 5. The van der Waals surface area contributed by atoms with E-state index in [2.05, 4.69) is 10.3 Å². The highest BCUT2D eigenvalue weighted by molar-refractivity contribution is 5.98. The van der Waals surface area contributed by atoms with Crippen LogP contribution in [0.5, 0.6) is 5.75 Å². The van der Waals surface area contributed by atoms with Crippen LogP contribution in [-0.4, -0.2) is 30.0 Å². The van der Waals surface area contributed by atoms with Crippen LogP contribution in [0.4, 0.5) is 0 Å². The predicted octanol–water partition coefficient (Wildman–Crippen LogP) is 5.99. The van der Waals surface area contributed by atoms with Gasteiger partial charge in [-0.3, -0.25) is 9.78 Å². The van der Waals surface area contributed by atoms with Crippen LogP contribution >= 0.6 is 0 Å². The Balaban J connectivity index is 1.26. The molecule has 1 atom stereocenters. The van der Waals surface area contributed by atoms with E-state index in [9.17, 15) is 9.59 Å². The second-order valence-electron chi connectivity index (χ2n) is 9.17. The molecular formula is C33H28N2O4. The Hall–Kier alpha value is -4.97. The van der Waals surface area contributed by atoms with Gasteiger partial charge in [0.1, 0.15) is 24.1 Å². The number of esters is 1. The van der Waals surface area contributed by atoms with E-state index in [1.165, 1.54) is 7.11 Å². The Morgan fingerprint density at radius 3 is 2.18 bits per heavy atom. The topological polar surface area (TPSA) is 77.5 Å². The number of hydrogen-bond donors (Lipinski definition) is 1. The van der Waals surface area contributed by atoms with Crippen LogP contribution in [0.25, 0.3) is 21.9 Å². The first-order valence-corrected chi connectivity index (χ1v) is 12.7. The number of aromatic nitrogens is 1. The fourth-order valence-electron chi connectivity index (χ4n) is 4.34. The second-order valence-corrected chi connectivity index (χ2v) is 9.17. The van der Waals surface area contributed by atoms with Crippen molar-refractivity contribution in [3.63, 3.8) is 0 Å². The number of amides is 1. The zero-order chi connectivity index (χ0) is 27.0. The molecule has 1 amide bonds. The van der Waals surface area contributed by atoms with E-state index in [0.717, 1.165) is 38.8 Å². The van der Waals surface area contributed by atoms with Gasteiger partial charge in [0.2, 0.25) is 0 Å². The maximum Gasteiger partial charge on any atom is 0.328 e. The first kappa shape index (κ1) is 25.7. The summed E-state index contributed by atoms with van der Waals surface area (Å²) >= 11 is 0. The van der Waals surface area contributed by atoms with Gasteiger partial charge in [-0.1, -0.05) is 91.0 Å². The molecule has 0 unspecified atom stereocenters. The summed E-state index contributed by atoms with van der Waals surface area (Å²) in [4.78, 5) is 29.9. The molecule has 0 fully saturated rings. The van der Waals surface area contributed by atoms with E-state index in [1.807, 2.05) is 103 Å². The molecule has 0 aliphatic carbocycles. The number of carbonyl (C=O) groups excluding carboxylic acids is 2. The number of benzene rings is 4. The summed E-state index contributed by atoms with van der Waals surface area (Å²) in [5.74, 6) is -0.247. The van der Waals surface area contributed by atoms with Crippen LogP contribution in [-0.2, 0) is 22.6 Å². The molecule has 6 heteroatoms. The summed E-state index contributed by atoms with van der Waals surface area (Å²) in [6.07, 6.45) is 1.93. The van der Waals surface area contributed by atoms with E-state index in [-0.39, 0.29) is 5.69 Å². The number of rotatable bonds is 9. The van der Waals surface area contributed by atoms with Crippen LogP contribution in [0.2, 0.25) is 0 Å². The average molecular weight is 517 g/mol. The van der Waals surface area contributed by atoms with Crippen molar-refractivity contribution in [1.82, 2.24) is 10.3 Å². The Kier molecular flexibility index (Phi) is 7.93. The van der Waals surface area contributed by atoms with E-state index < -0.39 is 17.9 Å². The molecule has 0 aliphatic rings. The molecule has 0 spiro atoms. The highest BCUT2D eigenvalue weighted by atomic mass is 16.5. The minimum atomic E-state index is -0.851. The van der Waals surface area contributed by atoms with E-state index in [1.54, 1.807) is 12.3 Å². The van der Waals surface area contributed by atoms with Crippen molar-refractivity contribution in [2.24, 2.45) is 0 Å². The van der Waals surface area contributed by atoms with Gasteiger partial charge in [0, 0.05) is 18.0 Å². The molecule has 1 N–H and O–H groups in total. The van der Waals surface area contributed by atoms with E-state index >= 15 is 0 Å². The standard InChI is InChI=1S/C33H28N2O4/c1-38-33(37)31(18-23-12-14-26(15-13-23)25-10-6-3-7-11-25)35-32(36)30-20-27-16-17-29(19-28(27)21-34-30)39-22-24-8-4-2-5-9-24/h2-17,19-21,31H,18,22H2,1H3,(H,35,36)/t31-/m0/s1. The molecule has 5 aromatic rings. The number of nitrogens with one attached hydrogen (secondary N) is 1. The minimum absolute atomic E-state index is 0.216. The molecule has 0 saturated heterocycles. The predicted molar refractivity (Wildman–Crippen MR) is 151 cm³/mol. The van der Waals surface area contributed by atoms with Crippen LogP contribution in [0, 0.1) is 0 Å². The quantitative estimate of drug-likeness (QED) is 0.243. The van der Waals surface area contributed by atoms with Gasteiger partial charge in [-0.15, -0.1) is 0 Å². The number of nitrogens with zero attached hydrogens (tertiary/aromatic N) is 1. The van der Waals surface area contributed by atoms with Gasteiger partial charge in [0.05, 0.1) is 7.11 Å². The summed E-state index contributed by atoms with van der Waals surface area (Å²) in [5, 5.41) is 4.48. The molecule has 39 heavy (non-hydrogen) atoms. The first-order valence-electron chi connectivity index (χ1n) is 12.7. The average Bonchev–Trinajstić information content (AvgIpc) is 3.00. The first-order chi connectivity index (χ1) is 19.1. The molecule has 1 aromatic heterocycles. The minimum Gasteiger partial charge on any atom is -0.489 e. The van der Waals surface area contributed by atoms with Crippen LogP contribution in [0.15, 0.2) is 115 Å². The van der Waals surface area contributed by atoms with Gasteiger partial charge in [0.15, 0.2) is 0 Å². The van der Waals surface area contributed by atoms with Crippen molar-refractivity contribution < 1.29 is 19.1 Å². The highest BCUT2D eigenvalue weighted by Gasteiger charge is 2.23. The van der Waals surface area contributed by atoms with Gasteiger partial charge < -0.3 is 14.8 Å². The molecular weight excluding hydrogens is 488 g/mol. The number of pyridine rings is 1. The molecule has 0 bridgehead atoms. The van der Waals surface area contributed by atoms with Crippen molar-refractivity contribution in [1.29, 1.82) is 0 Å². The molecule has 6 nitrogen and oxygen atoms in total. The summed E-state index contributed by atoms with van der Waals surface area (Å²) in [6.45, 7) is 0.462. The Labute approximate surface area is 227 Å². The Bertz CT molecular complexity index is 1570. The molecule has 194 valence electrons. The third-order valence-corrected chi connectivity index (χ3v) is 6.47. The fraction of sp³-hybridized carbons (Fsp3) is 0.121. The fourth-order valence-corrected chi connectivity index (χ4v) is 4.34. The third kappa shape index (κ3) is 6.48. The van der Waals surface area contributed by atoms with Crippen molar-refractivity contribution in [2.45, 2.75) is 19.1 Å². The smallest absolute Gasteiger partial charge is 0.328 e. The van der Waals surface area contributed by atoms with E-state index in [0.29, 0.717) is 13.0 Å². The van der Waals surface area contributed by atoms with Crippen LogP contribution in [0.1, 0.15) is 21.6 Å². The zero-order valence-electron chi connectivity index (χ0n) is 21.5. The highest BCUT2D eigenvalue weighted by Crippen LogP contribution is 2.23. The SMILES string of the molecule is COC(=O)[C@H](Cc1ccc(-c2ccccc2)cc1)NC(=O)c1cc2ccc(OCc3ccccc3)cc2cn1. The third-order valence-electron chi connectivity index (χ3n) is 6.47. The number of fused-ring (bicyclic) bond motifs is 1. The molecule has 0 saturated carbocycles. The normalized spacial score (nSPS) is 11.5. The van der Waals surface area contributed by atoms with Gasteiger partial charge in [-0.05, 0) is 45.8 Å².